The van der Waals surface area contributed by atoms with Gasteiger partial charge in [-0.3, -0.25) is 4.98 Å². The largest absolute Gasteiger partial charge is 0.489 e. The van der Waals surface area contributed by atoms with Gasteiger partial charge in [0, 0.05) is 24.0 Å². The zero-order chi connectivity index (χ0) is 12.8. The van der Waals surface area contributed by atoms with Crippen molar-refractivity contribution in [2.75, 3.05) is 7.05 Å². The van der Waals surface area contributed by atoms with Crippen LogP contribution >= 0.6 is 0 Å². The van der Waals surface area contributed by atoms with E-state index < -0.39 is 0 Å². The highest BCUT2D eigenvalue weighted by Crippen LogP contribution is 2.19. The lowest BCUT2D eigenvalue weighted by atomic mass is 10.1. The molecule has 18 heavy (non-hydrogen) atoms. The molecule has 0 aliphatic rings. The van der Waals surface area contributed by atoms with Crippen LogP contribution in [0.25, 0.3) is 0 Å². The third-order valence-corrected chi connectivity index (χ3v) is 2.92. The van der Waals surface area contributed by atoms with Crippen LogP contribution in [0, 0.1) is 0 Å². The zero-order valence-corrected chi connectivity index (χ0v) is 10.8. The van der Waals surface area contributed by atoms with Crippen LogP contribution in [-0.2, 0) is 6.61 Å². The first-order chi connectivity index (χ1) is 8.79. The predicted molar refractivity (Wildman–Crippen MR) is 72.5 cm³/mol. The fraction of sp³-hybridized carbons (Fsp3) is 0.267. The summed E-state index contributed by atoms with van der Waals surface area (Å²) in [4.78, 5) is 4.07. The molecule has 2 aromatic rings. The second-order valence-electron chi connectivity index (χ2n) is 4.23. The molecule has 0 radical (unpaired) electrons. The van der Waals surface area contributed by atoms with E-state index in [4.69, 9.17) is 4.74 Å². The molecule has 1 atom stereocenters. The third-order valence-electron chi connectivity index (χ3n) is 2.92. The SMILES string of the molecule is CNC(C)c1cccc(OCc2cccnc2)c1. The van der Waals surface area contributed by atoms with Crippen molar-refractivity contribution < 1.29 is 4.74 Å². The molecule has 0 saturated carbocycles. The Morgan fingerprint density at radius 3 is 2.89 bits per heavy atom. The van der Waals surface area contributed by atoms with Crippen LogP contribution in [-0.4, -0.2) is 12.0 Å². The van der Waals surface area contributed by atoms with Crippen LogP contribution in [0.2, 0.25) is 0 Å². The van der Waals surface area contributed by atoms with Crippen molar-refractivity contribution in [3.63, 3.8) is 0 Å². The maximum absolute atomic E-state index is 5.76. The average molecular weight is 242 g/mol. The Balaban J connectivity index is 2.01. The van der Waals surface area contributed by atoms with Crippen molar-refractivity contribution in [1.29, 1.82) is 0 Å². The molecule has 0 amide bonds. The van der Waals surface area contributed by atoms with E-state index in [1.165, 1.54) is 5.56 Å². The van der Waals surface area contributed by atoms with Gasteiger partial charge in [-0.15, -0.1) is 0 Å². The minimum absolute atomic E-state index is 0.326. The monoisotopic (exact) mass is 242 g/mol. The molecule has 2 rings (SSSR count). The van der Waals surface area contributed by atoms with Crippen molar-refractivity contribution >= 4 is 0 Å². The number of rotatable bonds is 5. The fourth-order valence-corrected chi connectivity index (χ4v) is 1.69. The average Bonchev–Trinajstić information content (AvgIpc) is 2.45. The van der Waals surface area contributed by atoms with Gasteiger partial charge in [-0.25, -0.2) is 0 Å². The highest BCUT2D eigenvalue weighted by molar-refractivity contribution is 5.30. The lowest BCUT2D eigenvalue weighted by Gasteiger charge is -2.12. The van der Waals surface area contributed by atoms with E-state index in [0.717, 1.165) is 11.3 Å². The standard InChI is InChI=1S/C15H18N2O/c1-12(16-2)14-6-3-7-15(9-14)18-11-13-5-4-8-17-10-13/h3-10,12,16H,11H2,1-2H3. The second kappa shape index (κ2) is 6.17. The minimum Gasteiger partial charge on any atom is -0.489 e. The van der Waals surface area contributed by atoms with E-state index in [9.17, 15) is 0 Å². The summed E-state index contributed by atoms with van der Waals surface area (Å²) in [6.45, 7) is 2.67. The van der Waals surface area contributed by atoms with E-state index >= 15 is 0 Å². The minimum atomic E-state index is 0.326. The molecule has 1 unspecified atom stereocenters. The first kappa shape index (κ1) is 12.6. The number of pyridine rings is 1. The van der Waals surface area contributed by atoms with Crippen molar-refractivity contribution in [3.05, 3.63) is 59.9 Å². The Bertz CT molecular complexity index is 485. The Hall–Kier alpha value is -1.87. The normalized spacial score (nSPS) is 12.1. The Labute approximate surface area is 108 Å². The Morgan fingerprint density at radius 2 is 2.17 bits per heavy atom. The number of hydrogen-bond acceptors (Lipinski definition) is 3. The molecule has 1 aromatic heterocycles. The van der Waals surface area contributed by atoms with E-state index in [2.05, 4.69) is 29.4 Å². The molecule has 0 aliphatic carbocycles. The summed E-state index contributed by atoms with van der Waals surface area (Å²) in [6, 6.07) is 12.4. The van der Waals surface area contributed by atoms with Crippen molar-refractivity contribution in [2.24, 2.45) is 0 Å². The number of nitrogens with zero attached hydrogens (tertiary/aromatic N) is 1. The van der Waals surface area contributed by atoms with Crippen molar-refractivity contribution in [2.45, 2.75) is 19.6 Å². The van der Waals surface area contributed by atoms with Gasteiger partial charge in [-0.05, 0) is 37.7 Å². The lowest BCUT2D eigenvalue weighted by molar-refractivity contribution is 0.305. The van der Waals surface area contributed by atoms with Crippen LogP contribution < -0.4 is 10.1 Å². The summed E-state index contributed by atoms with van der Waals surface area (Å²) in [7, 11) is 1.95. The van der Waals surface area contributed by atoms with Gasteiger partial charge in [0.15, 0.2) is 0 Å². The van der Waals surface area contributed by atoms with E-state index in [1.807, 2.05) is 37.5 Å². The summed E-state index contributed by atoms with van der Waals surface area (Å²) in [6.07, 6.45) is 3.58. The van der Waals surface area contributed by atoms with E-state index in [-0.39, 0.29) is 0 Å². The van der Waals surface area contributed by atoms with Gasteiger partial charge < -0.3 is 10.1 Å². The number of ether oxygens (including phenoxy) is 1. The number of benzene rings is 1. The predicted octanol–water partition coefficient (Wildman–Crippen LogP) is 2.94. The number of nitrogens with one attached hydrogen (secondary N) is 1. The highest BCUT2D eigenvalue weighted by atomic mass is 16.5. The third kappa shape index (κ3) is 3.31. The molecule has 3 heteroatoms. The Kier molecular flexibility index (Phi) is 4.31. The van der Waals surface area contributed by atoms with Crippen LogP contribution in [0.1, 0.15) is 24.1 Å². The number of aromatic nitrogens is 1. The summed E-state index contributed by atoms with van der Waals surface area (Å²) in [5, 5.41) is 3.22. The first-order valence-corrected chi connectivity index (χ1v) is 6.08. The molecule has 0 fully saturated rings. The summed E-state index contributed by atoms with van der Waals surface area (Å²) >= 11 is 0. The molecule has 0 aliphatic heterocycles. The summed E-state index contributed by atoms with van der Waals surface area (Å²) in [5.41, 5.74) is 2.30. The molecule has 1 N–H and O–H groups in total. The smallest absolute Gasteiger partial charge is 0.120 e. The van der Waals surface area contributed by atoms with Crippen LogP contribution in [0.4, 0.5) is 0 Å². The van der Waals surface area contributed by atoms with Crippen LogP contribution in [0.3, 0.4) is 0 Å². The molecule has 0 spiro atoms. The molecule has 3 nitrogen and oxygen atoms in total. The Morgan fingerprint density at radius 1 is 1.28 bits per heavy atom. The zero-order valence-electron chi connectivity index (χ0n) is 10.8. The summed E-state index contributed by atoms with van der Waals surface area (Å²) < 4.78 is 5.76. The molecule has 1 heterocycles. The topological polar surface area (TPSA) is 34.1 Å². The number of hydrogen-bond donors (Lipinski definition) is 1. The van der Waals surface area contributed by atoms with Gasteiger partial charge in [-0.2, -0.15) is 0 Å². The van der Waals surface area contributed by atoms with Gasteiger partial charge >= 0.3 is 0 Å². The van der Waals surface area contributed by atoms with Gasteiger partial charge in [0.1, 0.15) is 12.4 Å². The fourth-order valence-electron chi connectivity index (χ4n) is 1.69. The van der Waals surface area contributed by atoms with Gasteiger partial charge in [0.05, 0.1) is 0 Å². The molecule has 94 valence electrons. The van der Waals surface area contributed by atoms with Crippen molar-refractivity contribution in [1.82, 2.24) is 10.3 Å². The second-order valence-corrected chi connectivity index (χ2v) is 4.23. The summed E-state index contributed by atoms with van der Waals surface area (Å²) in [5.74, 6) is 0.887. The maximum atomic E-state index is 5.76. The van der Waals surface area contributed by atoms with Crippen LogP contribution in [0.15, 0.2) is 48.8 Å². The molecule has 0 saturated heterocycles. The van der Waals surface area contributed by atoms with Crippen molar-refractivity contribution in [3.8, 4) is 5.75 Å². The van der Waals surface area contributed by atoms with E-state index in [1.54, 1.807) is 6.20 Å². The van der Waals surface area contributed by atoms with E-state index in [0.29, 0.717) is 12.6 Å². The highest BCUT2D eigenvalue weighted by Gasteiger charge is 2.03. The molecular weight excluding hydrogens is 224 g/mol. The van der Waals surface area contributed by atoms with Gasteiger partial charge in [-0.1, -0.05) is 18.2 Å². The first-order valence-electron chi connectivity index (χ1n) is 6.08. The lowest BCUT2D eigenvalue weighted by Crippen LogP contribution is -2.12. The maximum Gasteiger partial charge on any atom is 0.120 e. The quantitative estimate of drug-likeness (QED) is 0.875. The van der Waals surface area contributed by atoms with Crippen LogP contribution in [0.5, 0.6) is 5.75 Å². The molecule has 1 aromatic carbocycles. The molecular formula is C15H18N2O. The van der Waals surface area contributed by atoms with Gasteiger partial charge in [0.25, 0.3) is 0 Å². The molecule has 0 bridgehead atoms. The van der Waals surface area contributed by atoms with Gasteiger partial charge in [0.2, 0.25) is 0 Å².